The normalized spacial score (nSPS) is 10.6. The number of halogens is 1. The minimum absolute atomic E-state index is 0.916. The molecule has 1 nitrogen and oxygen atoms in total. The summed E-state index contributed by atoms with van der Waals surface area (Å²) in [6.45, 7) is 2.06. The summed E-state index contributed by atoms with van der Waals surface area (Å²) in [4.78, 5) is 0. The summed E-state index contributed by atoms with van der Waals surface area (Å²) in [5, 5.41) is 0. The van der Waals surface area contributed by atoms with Crippen molar-refractivity contribution in [3.63, 3.8) is 0 Å². The van der Waals surface area contributed by atoms with Crippen LogP contribution in [-0.2, 0) is 0 Å². The molecule has 64 valence electrons. The van der Waals surface area contributed by atoms with Crippen molar-refractivity contribution in [1.82, 2.24) is 0 Å². The first-order chi connectivity index (χ1) is 5.76. The molecule has 0 spiro atoms. The summed E-state index contributed by atoms with van der Waals surface area (Å²) in [7, 11) is 1.69. The molecule has 0 N–H and O–H groups in total. The highest BCUT2D eigenvalue weighted by Gasteiger charge is 1.94. The van der Waals surface area contributed by atoms with Crippen LogP contribution < -0.4 is 4.74 Å². The van der Waals surface area contributed by atoms with Gasteiger partial charge in [-0.15, -0.1) is 0 Å². The summed E-state index contributed by atoms with van der Waals surface area (Å²) in [6.07, 6.45) is 2.05. The fourth-order valence-corrected chi connectivity index (χ4v) is 1.48. The van der Waals surface area contributed by atoms with Crippen molar-refractivity contribution in [2.75, 3.05) is 7.11 Å². The topological polar surface area (TPSA) is 9.23 Å². The fourth-order valence-electron chi connectivity index (χ4n) is 1.06. The molecule has 1 aromatic rings. The van der Waals surface area contributed by atoms with E-state index in [2.05, 4.69) is 41.7 Å². The number of methoxy groups -OCH3 is 1. The minimum atomic E-state index is 0.916. The smallest absolute Gasteiger partial charge is 0.119 e. The molecule has 0 heterocycles. The van der Waals surface area contributed by atoms with Crippen molar-refractivity contribution in [2.45, 2.75) is 6.92 Å². The van der Waals surface area contributed by atoms with Gasteiger partial charge in [-0.2, -0.15) is 0 Å². The average molecular weight is 274 g/mol. The molecule has 0 atom stereocenters. The largest absolute Gasteiger partial charge is 0.497 e. The van der Waals surface area contributed by atoms with Crippen LogP contribution in [-0.4, -0.2) is 7.11 Å². The van der Waals surface area contributed by atoms with Gasteiger partial charge in [0.2, 0.25) is 0 Å². The zero-order chi connectivity index (χ0) is 8.97. The van der Waals surface area contributed by atoms with Crippen LogP contribution in [0.4, 0.5) is 0 Å². The lowest BCUT2D eigenvalue weighted by Crippen LogP contribution is -1.84. The zero-order valence-electron chi connectivity index (χ0n) is 7.17. The Hall–Kier alpha value is -0.510. The molecule has 0 amide bonds. The number of rotatable bonds is 2. The number of benzene rings is 1. The van der Waals surface area contributed by atoms with E-state index >= 15 is 0 Å². The van der Waals surface area contributed by atoms with Gasteiger partial charge in [0.1, 0.15) is 5.75 Å². The fraction of sp³-hybridized carbons (Fsp3) is 0.200. The summed E-state index contributed by atoms with van der Waals surface area (Å²) in [5.41, 5.74) is 2.40. The second kappa shape index (κ2) is 4.50. The van der Waals surface area contributed by atoms with Gasteiger partial charge in [0, 0.05) is 0 Å². The second-order valence-corrected chi connectivity index (χ2v) is 3.30. The molecular formula is C10H11IO. The molecule has 0 saturated heterocycles. The van der Waals surface area contributed by atoms with Crippen molar-refractivity contribution in [3.8, 4) is 5.75 Å². The molecule has 0 fully saturated rings. The lowest BCUT2D eigenvalue weighted by atomic mass is 10.1. The Morgan fingerprint density at radius 1 is 1.33 bits per heavy atom. The van der Waals surface area contributed by atoms with E-state index in [-0.39, 0.29) is 0 Å². The maximum Gasteiger partial charge on any atom is 0.119 e. The van der Waals surface area contributed by atoms with Gasteiger partial charge in [-0.05, 0) is 40.3 Å². The molecule has 2 heteroatoms. The zero-order valence-corrected chi connectivity index (χ0v) is 9.33. The first kappa shape index (κ1) is 9.58. The highest BCUT2D eigenvalue weighted by atomic mass is 127. The maximum atomic E-state index is 5.15. The summed E-state index contributed by atoms with van der Waals surface area (Å²) in [6, 6.07) is 6.16. The van der Waals surface area contributed by atoms with Crippen LogP contribution in [0, 0.1) is 6.92 Å². The number of hydrogen-bond donors (Lipinski definition) is 0. The Balaban J connectivity index is 3.06. The van der Waals surface area contributed by atoms with Gasteiger partial charge < -0.3 is 4.74 Å². The molecule has 0 bridgehead atoms. The second-order valence-electron chi connectivity index (χ2n) is 2.58. The summed E-state index contributed by atoms with van der Waals surface area (Å²) in [5.74, 6) is 0.916. The molecule has 0 aliphatic carbocycles. The van der Waals surface area contributed by atoms with Crippen molar-refractivity contribution in [3.05, 3.63) is 33.4 Å². The van der Waals surface area contributed by atoms with E-state index in [1.165, 1.54) is 11.1 Å². The van der Waals surface area contributed by atoms with Gasteiger partial charge in [-0.25, -0.2) is 0 Å². The molecule has 1 aromatic carbocycles. The number of aryl methyl sites for hydroxylation is 1. The van der Waals surface area contributed by atoms with E-state index in [4.69, 9.17) is 4.74 Å². The van der Waals surface area contributed by atoms with E-state index < -0.39 is 0 Å². The summed E-state index contributed by atoms with van der Waals surface area (Å²) < 4.78 is 7.14. The van der Waals surface area contributed by atoms with E-state index in [9.17, 15) is 0 Å². The third kappa shape index (κ3) is 2.52. The highest BCUT2D eigenvalue weighted by molar-refractivity contribution is 14.1. The molecule has 0 aliphatic heterocycles. The van der Waals surface area contributed by atoms with Gasteiger partial charge in [0.05, 0.1) is 7.11 Å². The van der Waals surface area contributed by atoms with Crippen LogP contribution in [0.3, 0.4) is 0 Å². The predicted molar refractivity (Wildman–Crippen MR) is 60.8 cm³/mol. The Bertz CT molecular complexity index is 292. The maximum absolute atomic E-state index is 5.15. The molecule has 0 saturated carbocycles. The molecule has 1 rings (SSSR count). The van der Waals surface area contributed by atoms with Gasteiger partial charge in [0.25, 0.3) is 0 Å². The van der Waals surface area contributed by atoms with Crippen LogP contribution in [0.2, 0.25) is 0 Å². The molecule has 0 radical (unpaired) electrons. The molecule has 0 unspecified atom stereocenters. The van der Waals surface area contributed by atoms with Crippen LogP contribution in [0.1, 0.15) is 11.1 Å². The lowest BCUT2D eigenvalue weighted by Gasteiger charge is -2.02. The standard InChI is InChI=1S/C10H11IO/c1-8-5-9(3-4-11)7-10(6-8)12-2/h3-7H,1-2H3/b4-3+. The van der Waals surface area contributed by atoms with Crippen LogP contribution in [0.15, 0.2) is 22.3 Å². The van der Waals surface area contributed by atoms with Crippen LogP contribution >= 0.6 is 22.6 Å². The van der Waals surface area contributed by atoms with E-state index in [1.807, 2.05) is 16.2 Å². The third-order valence-electron chi connectivity index (χ3n) is 1.56. The Morgan fingerprint density at radius 2 is 2.08 bits per heavy atom. The number of ether oxygens (including phenoxy) is 1. The Kier molecular flexibility index (Phi) is 3.59. The first-order valence-electron chi connectivity index (χ1n) is 3.68. The predicted octanol–water partition coefficient (Wildman–Crippen LogP) is 3.41. The van der Waals surface area contributed by atoms with E-state index in [0.717, 1.165) is 5.75 Å². The molecule has 12 heavy (non-hydrogen) atoms. The van der Waals surface area contributed by atoms with Gasteiger partial charge in [-0.1, -0.05) is 28.7 Å². The Morgan fingerprint density at radius 3 is 2.67 bits per heavy atom. The summed E-state index contributed by atoms with van der Waals surface area (Å²) >= 11 is 2.21. The molecular weight excluding hydrogens is 263 g/mol. The average Bonchev–Trinajstić information content (AvgIpc) is 2.04. The van der Waals surface area contributed by atoms with Crippen molar-refractivity contribution in [1.29, 1.82) is 0 Å². The lowest BCUT2D eigenvalue weighted by molar-refractivity contribution is 0.414. The highest BCUT2D eigenvalue weighted by Crippen LogP contribution is 2.17. The molecule has 0 aromatic heterocycles. The van der Waals surface area contributed by atoms with Gasteiger partial charge in [-0.3, -0.25) is 0 Å². The third-order valence-corrected chi connectivity index (χ3v) is 1.92. The minimum Gasteiger partial charge on any atom is -0.497 e. The monoisotopic (exact) mass is 274 g/mol. The number of hydrogen-bond acceptors (Lipinski definition) is 1. The quantitative estimate of drug-likeness (QED) is 0.751. The van der Waals surface area contributed by atoms with Gasteiger partial charge >= 0.3 is 0 Å². The van der Waals surface area contributed by atoms with E-state index in [0.29, 0.717) is 0 Å². The van der Waals surface area contributed by atoms with Crippen molar-refractivity contribution in [2.24, 2.45) is 0 Å². The van der Waals surface area contributed by atoms with Crippen molar-refractivity contribution < 1.29 is 4.74 Å². The Labute approximate surface area is 86.6 Å². The molecule has 0 aliphatic rings. The SMILES string of the molecule is COc1cc(C)cc(/C=C/I)c1. The van der Waals surface area contributed by atoms with Crippen molar-refractivity contribution >= 4 is 28.7 Å². The first-order valence-corrected chi connectivity index (χ1v) is 4.93. The van der Waals surface area contributed by atoms with Crippen LogP contribution in [0.5, 0.6) is 5.75 Å². The van der Waals surface area contributed by atoms with E-state index in [1.54, 1.807) is 7.11 Å². The van der Waals surface area contributed by atoms with Crippen LogP contribution in [0.25, 0.3) is 6.08 Å². The van der Waals surface area contributed by atoms with Gasteiger partial charge in [0.15, 0.2) is 0 Å².